The maximum absolute atomic E-state index is 15.9. The van der Waals surface area contributed by atoms with E-state index in [1.165, 1.54) is 81.2 Å². The van der Waals surface area contributed by atoms with Gasteiger partial charge in [-0.25, -0.2) is 46.3 Å². The number of benzene rings is 2. The van der Waals surface area contributed by atoms with Gasteiger partial charge in [0.25, 0.3) is 0 Å². The van der Waals surface area contributed by atoms with E-state index in [-0.39, 0.29) is 69.4 Å². The summed E-state index contributed by atoms with van der Waals surface area (Å²) in [7, 11) is 0. The van der Waals surface area contributed by atoms with Crippen LogP contribution in [0.25, 0.3) is 56.0 Å². The molecule has 2 aliphatic heterocycles. The van der Waals surface area contributed by atoms with Crippen LogP contribution < -0.4 is 21.2 Å². The van der Waals surface area contributed by atoms with E-state index >= 15 is 8.78 Å². The van der Waals surface area contributed by atoms with Gasteiger partial charge in [-0.2, -0.15) is 9.97 Å². The highest BCUT2D eigenvalue weighted by atomic mass is 32.2. The normalized spacial score (nSPS) is 15.5. The molecule has 10 rings (SSSR count). The SMILES string of the molecule is C=CC(=O)N1CCN(c2nc(=O)n(-c3c(SC)ccnc3C(C)C)c3nc(-c4c(O)cccc4F)c(F)cc23)[C@@H](C)C1.C=CC(=O)N1CCN(c2nc(=O)n(-c3c(SC)ccnc3C(C)C)c3nc(-c4c(O)cccc4F)c(F)cc23)[C@@H](C)C1. The summed E-state index contributed by atoms with van der Waals surface area (Å²) in [5.41, 5.74) is -0.909. The van der Waals surface area contributed by atoms with Crippen molar-refractivity contribution in [3.63, 3.8) is 0 Å². The van der Waals surface area contributed by atoms with Crippen molar-refractivity contribution < 1.29 is 37.4 Å². The van der Waals surface area contributed by atoms with Crippen LogP contribution in [0.15, 0.2) is 118 Å². The molecule has 2 aliphatic rings. The zero-order chi connectivity index (χ0) is 60.6. The van der Waals surface area contributed by atoms with Crippen molar-refractivity contribution in [3.8, 4) is 45.4 Å². The van der Waals surface area contributed by atoms with E-state index in [0.29, 0.717) is 62.0 Å². The number of fused-ring (bicyclic) bond motifs is 2. The summed E-state index contributed by atoms with van der Waals surface area (Å²) in [6.07, 6.45) is 9.53. The number of anilines is 2. The Balaban J connectivity index is 0.000000202. The third-order valence-corrected chi connectivity index (χ3v) is 16.2. The number of carbonyl (C=O) groups excluding carboxylic acids is 2. The fourth-order valence-electron chi connectivity index (χ4n) is 10.6. The van der Waals surface area contributed by atoms with E-state index in [1.54, 1.807) is 34.3 Å². The van der Waals surface area contributed by atoms with Crippen molar-refractivity contribution in [2.24, 2.45) is 0 Å². The first-order valence-corrected chi connectivity index (χ1v) is 29.2. The standard InChI is InChI=1S/2C30H30F2N6O3S/c2*1-6-23(40)36-12-13-37(17(4)15-36)28-18-14-20(32)26(24-19(31)8-7-9-21(24)39)34-29(18)38(30(41)35-28)27-22(42-5)10-11-33-25(27)16(2)3/h2*6-11,14,16-17,39H,1,12-13,15H2,2-5H3/t2*17-/m00/s1. The van der Waals surface area contributed by atoms with E-state index in [4.69, 9.17) is 0 Å². The number of aromatic hydroxyl groups is 2. The molecule has 0 bridgehead atoms. The fourth-order valence-corrected chi connectivity index (χ4v) is 11.8. The third-order valence-electron chi connectivity index (χ3n) is 14.6. The number of thioether (sulfide) groups is 2. The number of phenols is 2. The summed E-state index contributed by atoms with van der Waals surface area (Å²) in [6.45, 7) is 20.6. The Labute approximate surface area is 489 Å². The van der Waals surface area contributed by atoms with Crippen molar-refractivity contribution in [1.82, 2.24) is 48.8 Å². The topological polar surface area (TPSA) is 209 Å². The summed E-state index contributed by atoms with van der Waals surface area (Å²) in [6, 6.07) is 12.6. The molecule has 0 spiro atoms. The minimum Gasteiger partial charge on any atom is -0.507 e. The molecule has 2 fully saturated rings. The second-order valence-corrected chi connectivity index (χ2v) is 22.3. The second kappa shape index (κ2) is 24.7. The monoisotopic (exact) mass is 1180 g/mol. The lowest BCUT2D eigenvalue weighted by atomic mass is 10.1. The van der Waals surface area contributed by atoms with Crippen LogP contribution in [0, 0.1) is 23.3 Å². The van der Waals surface area contributed by atoms with Gasteiger partial charge in [0.05, 0.1) is 44.7 Å². The molecule has 2 saturated heterocycles. The molecule has 0 unspecified atom stereocenters. The lowest BCUT2D eigenvalue weighted by Crippen LogP contribution is -2.54. The first-order valence-electron chi connectivity index (χ1n) is 26.8. The summed E-state index contributed by atoms with van der Waals surface area (Å²) >= 11 is 2.80. The molecule has 24 heteroatoms. The molecule has 18 nitrogen and oxygen atoms in total. The molecule has 436 valence electrons. The number of pyridine rings is 4. The molecule has 2 aromatic carbocycles. The molecule has 6 aromatic heterocycles. The second-order valence-electron chi connectivity index (χ2n) is 20.6. The molecule has 0 aliphatic carbocycles. The highest BCUT2D eigenvalue weighted by molar-refractivity contribution is 7.99. The molecule has 8 heterocycles. The van der Waals surface area contributed by atoms with Crippen LogP contribution >= 0.6 is 23.5 Å². The fraction of sp³-hybridized carbons (Fsp3) is 0.300. The number of rotatable bonds is 12. The van der Waals surface area contributed by atoms with Crippen LogP contribution in [0.5, 0.6) is 11.5 Å². The van der Waals surface area contributed by atoms with Gasteiger partial charge in [0, 0.05) is 73.5 Å². The van der Waals surface area contributed by atoms with Gasteiger partial charge in [0.2, 0.25) is 11.8 Å². The number of aromatic nitrogens is 8. The van der Waals surface area contributed by atoms with Crippen LogP contribution in [0.2, 0.25) is 0 Å². The van der Waals surface area contributed by atoms with Crippen molar-refractivity contribution in [1.29, 1.82) is 0 Å². The van der Waals surface area contributed by atoms with Gasteiger partial charge in [-0.05, 0) is 98.9 Å². The quantitative estimate of drug-likeness (QED) is 0.0663. The summed E-state index contributed by atoms with van der Waals surface area (Å²) in [4.78, 5) is 87.9. The Morgan fingerprint density at radius 3 is 1.30 bits per heavy atom. The van der Waals surface area contributed by atoms with E-state index in [2.05, 4.69) is 43.1 Å². The summed E-state index contributed by atoms with van der Waals surface area (Å²) in [5, 5.41) is 21.4. The summed E-state index contributed by atoms with van der Waals surface area (Å²) < 4.78 is 64.2. The van der Waals surface area contributed by atoms with Gasteiger partial charge in [-0.3, -0.25) is 19.6 Å². The predicted octanol–water partition coefficient (Wildman–Crippen LogP) is 9.79. The zero-order valence-electron chi connectivity index (χ0n) is 47.3. The van der Waals surface area contributed by atoms with Gasteiger partial charge in [-0.15, -0.1) is 23.5 Å². The number of halogens is 4. The maximum atomic E-state index is 15.9. The van der Waals surface area contributed by atoms with Gasteiger partial charge in [0.15, 0.2) is 22.9 Å². The smallest absolute Gasteiger partial charge is 0.355 e. The molecule has 2 atom stereocenters. The summed E-state index contributed by atoms with van der Waals surface area (Å²) in [5.74, 6) is -4.73. The molecule has 84 heavy (non-hydrogen) atoms. The number of hydrogen-bond acceptors (Lipinski definition) is 16. The lowest BCUT2D eigenvalue weighted by Gasteiger charge is -2.40. The molecular formula is C60H60F4N12O6S2. The van der Waals surface area contributed by atoms with E-state index in [0.717, 1.165) is 21.9 Å². The Bertz CT molecular complexity index is 3770. The van der Waals surface area contributed by atoms with Crippen LogP contribution in [0.1, 0.15) is 64.8 Å². The minimum absolute atomic E-state index is 0.0334. The number of piperazine rings is 2. The minimum atomic E-state index is -0.898. The van der Waals surface area contributed by atoms with Crippen molar-refractivity contribution in [2.45, 2.75) is 75.3 Å². The zero-order valence-corrected chi connectivity index (χ0v) is 48.9. The highest BCUT2D eigenvalue weighted by Crippen LogP contribution is 2.40. The van der Waals surface area contributed by atoms with Crippen molar-refractivity contribution in [3.05, 3.63) is 154 Å². The van der Waals surface area contributed by atoms with Crippen molar-refractivity contribution in [2.75, 3.05) is 61.6 Å². The van der Waals surface area contributed by atoms with Gasteiger partial charge >= 0.3 is 11.4 Å². The Hall–Kier alpha value is -8.64. The number of hydrogen-bond donors (Lipinski definition) is 2. The van der Waals surface area contributed by atoms with Crippen molar-refractivity contribution >= 4 is 69.0 Å². The Kier molecular flexibility index (Phi) is 17.6. The number of amides is 2. The number of nitrogens with zero attached hydrogens (tertiary/aromatic N) is 12. The van der Waals surface area contributed by atoms with Gasteiger partial charge < -0.3 is 29.8 Å². The van der Waals surface area contributed by atoms with Gasteiger partial charge in [-0.1, -0.05) is 53.0 Å². The predicted molar refractivity (Wildman–Crippen MR) is 319 cm³/mol. The number of carbonyl (C=O) groups is 2. The van der Waals surface area contributed by atoms with E-state index in [9.17, 15) is 38.2 Å². The lowest BCUT2D eigenvalue weighted by molar-refractivity contribution is -0.127. The Morgan fingerprint density at radius 2 is 0.976 bits per heavy atom. The highest BCUT2D eigenvalue weighted by Gasteiger charge is 2.34. The first kappa shape index (κ1) is 60.0. The van der Waals surface area contributed by atoms with Crippen LogP contribution in [0.4, 0.5) is 29.2 Å². The van der Waals surface area contributed by atoms with E-state index < -0.39 is 68.7 Å². The van der Waals surface area contributed by atoms with Crippen LogP contribution in [0.3, 0.4) is 0 Å². The van der Waals surface area contributed by atoms with E-state index in [1.807, 2.05) is 63.9 Å². The number of phenolic OH excluding ortho intramolecular Hbond substituents is 2. The average Bonchev–Trinajstić information content (AvgIpc) is 1.37. The largest absolute Gasteiger partial charge is 0.507 e. The van der Waals surface area contributed by atoms with Gasteiger partial charge in [0.1, 0.15) is 46.2 Å². The molecule has 0 saturated carbocycles. The molecule has 8 aromatic rings. The third kappa shape index (κ3) is 11.2. The maximum Gasteiger partial charge on any atom is 0.355 e. The Morgan fingerprint density at radius 1 is 0.595 bits per heavy atom. The molecule has 0 radical (unpaired) electrons. The molecular weight excluding hydrogens is 1120 g/mol. The average molecular weight is 1190 g/mol. The van der Waals surface area contributed by atoms with Crippen LogP contribution in [-0.4, -0.2) is 135 Å². The van der Waals surface area contributed by atoms with Crippen LogP contribution in [-0.2, 0) is 9.59 Å². The molecule has 2 amide bonds. The first-order chi connectivity index (χ1) is 40.1. The molecule has 2 N–H and O–H groups in total.